The Labute approximate surface area is 162 Å². The van der Waals surface area contributed by atoms with Crippen molar-refractivity contribution in [1.82, 2.24) is 9.78 Å². The molecule has 1 aliphatic rings. The van der Waals surface area contributed by atoms with E-state index in [1.807, 2.05) is 31.7 Å². The molecule has 0 unspecified atom stereocenters. The second-order valence-corrected chi connectivity index (χ2v) is 8.65. The van der Waals surface area contributed by atoms with E-state index in [9.17, 15) is 9.59 Å². The Hall–Kier alpha value is -2.15. The summed E-state index contributed by atoms with van der Waals surface area (Å²) in [7, 11) is 0. The van der Waals surface area contributed by atoms with E-state index in [0.717, 1.165) is 23.3 Å². The lowest BCUT2D eigenvalue weighted by atomic mass is 9.76. The van der Waals surface area contributed by atoms with E-state index >= 15 is 0 Å². The smallest absolute Gasteiger partial charge is 0.278 e. The van der Waals surface area contributed by atoms with Gasteiger partial charge in [0, 0.05) is 32.6 Å². The van der Waals surface area contributed by atoms with E-state index in [1.54, 1.807) is 6.92 Å². The lowest BCUT2D eigenvalue weighted by molar-refractivity contribution is 0.103. The molecule has 1 aromatic heterocycles. The van der Waals surface area contributed by atoms with Gasteiger partial charge in [-0.25, -0.2) is 0 Å². The monoisotopic (exact) mass is 390 g/mol. The number of H-pyrrole nitrogens is 1. The molecule has 2 aromatic rings. The van der Waals surface area contributed by atoms with Crippen molar-refractivity contribution in [1.29, 1.82) is 0 Å². The molecule has 0 amide bonds. The number of aromatic amines is 1. The van der Waals surface area contributed by atoms with Crippen molar-refractivity contribution in [2.75, 3.05) is 5.75 Å². The van der Waals surface area contributed by atoms with Crippen LogP contribution in [0.25, 0.3) is 0 Å². The van der Waals surface area contributed by atoms with Crippen molar-refractivity contribution in [2.45, 2.75) is 64.8 Å². The number of rotatable bonds is 3. The zero-order valence-electron chi connectivity index (χ0n) is 16.7. The van der Waals surface area contributed by atoms with Crippen LogP contribution in [0.15, 0.2) is 15.8 Å². The molecule has 3 rings (SSSR count). The largest absolute Gasteiger partial charge is 0.299 e. The molecule has 0 fully saturated rings. The van der Waals surface area contributed by atoms with Gasteiger partial charge in [0.15, 0.2) is 0 Å². The first-order valence-electron chi connectivity index (χ1n) is 8.97. The van der Waals surface area contributed by atoms with Crippen LogP contribution in [0.3, 0.4) is 0 Å². The lowest BCUT2D eigenvalue weighted by Gasteiger charge is -2.35. The van der Waals surface area contributed by atoms with Gasteiger partial charge >= 0.3 is 0 Å². The maximum Gasteiger partial charge on any atom is 0.278 e. The van der Waals surface area contributed by atoms with Crippen LogP contribution in [0, 0.1) is 30.7 Å². The summed E-state index contributed by atoms with van der Waals surface area (Å²) in [6.07, 6.45) is 1.09. The number of hydrogen-bond donors (Lipinski definition) is 1. The van der Waals surface area contributed by atoms with Crippen LogP contribution >= 0.6 is 11.8 Å². The molecular formula is C20H26N2O4S. The van der Waals surface area contributed by atoms with Gasteiger partial charge in [0.1, 0.15) is 5.56 Å². The Balaban J connectivity index is 0.00000126. The highest BCUT2D eigenvalue weighted by molar-refractivity contribution is 7.99. The number of nitrogens with zero attached hydrogens (tertiary/aromatic N) is 1. The highest BCUT2D eigenvalue weighted by Gasteiger charge is 2.33. The van der Waals surface area contributed by atoms with Crippen LogP contribution in [0.4, 0.5) is 0 Å². The number of ketones is 1. The third-order valence-electron chi connectivity index (χ3n) is 5.30. The minimum atomic E-state index is -0.228. The highest BCUT2D eigenvalue weighted by atomic mass is 32.2. The summed E-state index contributed by atoms with van der Waals surface area (Å²) in [5, 5.41) is 3.01. The molecule has 0 spiro atoms. The molecule has 27 heavy (non-hydrogen) atoms. The molecule has 6 nitrogen and oxygen atoms in total. The van der Waals surface area contributed by atoms with Gasteiger partial charge in [-0.1, -0.05) is 13.8 Å². The molecule has 0 atom stereocenters. The molecule has 0 saturated carbocycles. The van der Waals surface area contributed by atoms with E-state index in [1.165, 1.54) is 15.1 Å². The average molecular weight is 391 g/mol. The molecular weight excluding hydrogens is 364 g/mol. The van der Waals surface area contributed by atoms with Gasteiger partial charge in [0.2, 0.25) is 5.78 Å². The first kappa shape index (κ1) is 21.2. The van der Waals surface area contributed by atoms with Crippen molar-refractivity contribution < 1.29 is 4.79 Å². The van der Waals surface area contributed by atoms with Gasteiger partial charge in [-0.2, -0.15) is 0 Å². The Morgan fingerprint density at radius 3 is 2.44 bits per heavy atom. The summed E-state index contributed by atoms with van der Waals surface area (Å²) in [6.45, 7) is 12.8. The molecule has 0 radical (unpaired) electrons. The second-order valence-electron chi connectivity index (χ2n) is 7.54. The number of hydrogen-bond acceptors (Lipinski definition) is 5. The topological polar surface area (TPSA) is 89.0 Å². The summed E-state index contributed by atoms with van der Waals surface area (Å²) in [5.74, 6) is 0.937. The Kier molecular flexibility index (Phi) is 6.14. The van der Waals surface area contributed by atoms with Gasteiger partial charge in [0.05, 0.1) is 0 Å². The zero-order chi connectivity index (χ0) is 20.5. The summed E-state index contributed by atoms with van der Waals surface area (Å²) in [5.41, 5.74) is 4.81. The first-order chi connectivity index (χ1) is 12.7. The van der Waals surface area contributed by atoms with Crippen molar-refractivity contribution in [3.63, 3.8) is 0 Å². The van der Waals surface area contributed by atoms with Gasteiger partial charge < -0.3 is 0 Å². The number of thioether (sulfide) groups is 1. The van der Waals surface area contributed by atoms with Crippen LogP contribution in [-0.4, -0.2) is 21.3 Å². The first-order valence-corrected chi connectivity index (χ1v) is 9.95. The lowest BCUT2D eigenvalue weighted by Crippen LogP contribution is -2.27. The Morgan fingerprint density at radius 2 is 1.89 bits per heavy atom. The predicted molar refractivity (Wildman–Crippen MR) is 110 cm³/mol. The Morgan fingerprint density at radius 1 is 1.26 bits per heavy atom. The van der Waals surface area contributed by atoms with Crippen LogP contribution in [-0.2, 0) is 12.0 Å². The molecule has 1 N–H and O–H groups in total. The van der Waals surface area contributed by atoms with E-state index < -0.39 is 0 Å². The number of aromatic nitrogens is 2. The summed E-state index contributed by atoms with van der Waals surface area (Å²) >= 11 is 1.88. The van der Waals surface area contributed by atoms with E-state index in [4.69, 9.17) is 9.93 Å². The number of nitrogens with one attached hydrogen (secondary N) is 1. The highest BCUT2D eigenvalue weighted by Crippen LogP contribution is 2.45. The van der Waals surface area contributed by atoms with E-state index in [-0.39, 0.29) is 22.3 Å². The van der Waals surface area contributed by atoms with Gasteiger partial charge in [0.25, 0.3) is 5.56 Å². The number of carbonyl (C=O) groups is 1. The standard InChI is InChI=1S/C20H26N2O2S.O2/c1-7-22-19(24)15(13(4)21-22)17(23)14-10-11(2)18-16(12(14)3)20(5,6)8-9-25-18;1-2/h10,21H,7-9H2,1-6H3;. The van der Waals surface area contributed by atoms with Crippen LogP contribution in [0.5, 0.6) is 0 Å². The third-order valence-corrected chi connectivity index (χ3v) is 6.52. The number of carbonyl (C=O) groups excluding carboxylic acids is 1. The van der Waals surface area contributed by atoms with Crippen molar-refractivity contribution in [3.05, 3.63) is 59.9 Å². The van der Waals surface area contributed by atoms with E-state index in [0.29, 0.717) is 17.8 Å². The fourth-order valence-electron chi connectivity index (χ4n) is 3.89. The number of aryl methyl sites for hydroxylation is 3. The molecule has 0 bridgehead atoms. The molecule has 2 heterocycles. The van der Waals surface area contributed by atoms with Crippen LogP contribution < -0.4 is 5.56 Å². The average Bonchev–Trinajstić information content (AvgIpc) is 2.92. The molecule has 1 aliphatic heterocycles. The molecule has 1 aromatic carbocycles. The third kappa shape index (κ3) is 3.52. The van der Waals surface area contributed by atoms with Crippen LogP contribution in [0.1, 0.15) is 65.5 Å². The molecule has 146 valence electrons. The fourth-order valence-corrected chi connectivity index (χ4v) is 5.57. The van der Waals surface area contributed by atoms with Gasteiger partial charge in [-0.3, -0.25) is 19.4 Å². The van der Waals surface area contributed by atoms with E-state index in [2.05, 4.69) is 25.9 Å². The van der Waals surface area contributed by atoms with Gasteiger partial charge in [-0.15, -0.1) is 11.8 Å². The SMILES string of the molecule is CCn1[nH]c(C)c(C(=O)c2cc(C)c3c(c2C)C(C)(C)CCS3)c1=O.O=O. The second kappa shape index (κ2) is 7.84. The quantitative estimate of drug-likeness (QED) is 0.794. The minimum Gasteiger partial charge on any atom is -0.299 e. The van der Waals surface area contributed by atoms with Crippen LogP contribution in [0.2, 0.25) is 0 Å². The van der Waals surface area contributed by atoms with Crippen molar-refractivity contribution >= 4 is 17.5 Å². The molecule has 0 aliphatic carbocycles. The normalized spacial score (nSPS) is 14.9. The maximum atomic E-state index is 13.2. The number of benzene rings is 1. The minimum absolute atomic E-state index is 0.0442. The Bertz CT molecular complexity index is 940. The fraction of sp³-hybridized carbons (Fsp3) is 0.500. The molecule has 0 saturated heterocycles. The van der Waals surface area contributed by atoms with Crippen molar-refractivity contribution in [2.24, 2.45) is 0 Å². The summed E-state index contributed by atoms with van der Waals surface area (Å²) in [6, 6.07) is 1.97. The number of fused-ring (bicyclic) bond motifs is 1. The molecule has 7 heteroatoms. The maximum absolute atomic E-state index is 13.2. The van der Waals surface area contributed by atoms with Gasteiger partial charge in [-0.05, 0) is 68.0 Å². The predicted octanol–water partition coefficient (Wildman–Crippen LogP) is 4.19. The summed E-state index contributed by atoms with van der Waals surface area (Å²) < 4.78 is 1.49. The van der Waals surface area contributed by atoms with Crippen molar-refractivity contribution in [3.8, 4) is 0 Å². The zero-order valence-corrected chi connectivity index (χ0v) is 17.5. The summed E-state index contributed by atoms with van der Waals surface area (Å²) in [4.78, 5) is 41.1.